The summed E-state index contributed by atoms with van der Waals surface area (Å²) in [5.74, 6) is 1.45. The molecule has 0 aromatic heterocycles. The normalized spacial score (nSPS) is 14.3. The zero-order valence-electron chi connectivity index (χ0n) is 11.2. The number of rotatable bonds is 5. The summed E-state index contributed by atoms with van der Waals surface area (Å²) in [4.78, 5) is 0. The van der Waals surface area contributed by atoms with E-state index in [4.69, 9.17) is 10.5 Å². The van der Waals surface area contributed by atoms with Gasteiger partial charge in [0.15, 0.2) is 0 Å². The van der Waals surface area contributed by atoms with E-state index in [2.05, 4.69) is 0 Å². The van der Waals surface area contributed by atoms with Gasteiger partial charge >= 0.3 is 0 Å². The fourth-order valence-electron chi connectivity index (χ4n) is 2.78. The summed E-state index contributed by atoms with van der Waals surface area (Å²) in [5, 5.41) is 10.4. The average Bonchev–Trinajstić information content (AvgIpc) is 2.42. The van der Waals surface area contributed by atoms with Crippen molar-refractivity contribution in [1.82, 2.24) is 0 Å². The van der Waals surface area contributed by atoms with Gasteiger partial charge in [0.2, 0.25) is 0 Å². The molecular weight excluding hydrogens is 226 g/mol. The third kappa shape index (κ3) is 2.61. The van der Waals surface area contributed by atoms with Gasteiger partial charge in [0.25, 0.3) is 0 Å². The van der Waals surface area contributed by atoms with Crippen LogP contribution in [0.3, 0.4) is 0 Å². The van der Waals surface area contributed by atoms with Crippen LogP contribution in [0.25, 0.3) is 0 Å². The Kier molecular flexibility index (Phi) is 4.48. The fraction of sp³-hybridized carbons (Fsp3) is 0.600. The minimum absolute atomic E-state index is 0.502. The number of phenols is 1. The lowest BCUT2D eigenvalue weighted by atomic mass is 9.87. The van der Waals surface area contributed by atoms with E-state index < -0.39 is 0 Å². The molecule has 0 fully saturated rings. The van der Waals surface area contributed by atoms with Gasteiger partial charge in [-0.2, -0.15) is 0 Å². The lowest BCUT2D eigenvalue weighted by molar-refractivity contribution is 0.398. The highest BCUT2D eigenvalue weighted by atomic mass is 16.5. The second kappa shape index (κ2) is 6.10. The van der Waals surface area contributed by atoms with Crippen LogP contribution in [0.4, 0.5) is 0 Å². The molecule has 0 amide bonds. The summed E-state index contributed by atoms with van der Waals surface area (Å²) >= 11 is 0. The number of benzene rings is 1. The number of methoxy groups -OCH3 is 1. The third-order valence-corrected chi connectivity index (χ3v) is 3.78. The van der Waals surface area contributed by atoms with Gasteiger partial charge in [0.1, 0.15) is 11.5 Å². The minimum Gasteiger partial charge on any atom is -0.507 e. The first kappa shape index (κ1) is 13.2. The maximum Gasteiger partial charge on any atom is 0.122 e. The Balaban J connectivity index is 2.30. The van der Waals surface area contributed by atoms with Crippen molar-refractivity contribution in [1.29, 1.82) is 0 Å². The molecule has 1 aliphatic rings. The van der Waals surface area contributed by atoms with E-state index in [1.807, 2.05) is 6.07 Å². The smallest absolute Gasteiger partial charge is 0.122 e. The second-order valence-electron chi connectivity index (χ2n) is 5.00. The summed E-state index contributed by atoms with van der Waals surface area (Å²) in [6.07, 6.45) is 7.25. The summed E-state index contributed by atoms with van der Waals surface area (Å²) in [7, 11) is 1.71. The van der Waals surface area contributed by atoms with Crippen molar-refractivity contribution in [3.8, 4) is 11.5 Å². The van der Waals surface area contributed by atoms with Gasteiger partial charge in [-0.05, 0) is 63.1 Å². The maximum absolute atomic E-state index is 10.4. The number of aromatic hydroxyl groups is 1. The number of ether oxygens (including phenoxy) is 1. The van der Waals surface area contributed by atoms with Gasteiger partial charge in [0.05, 0.1) is 7.11 Å². The van der Waals surface area contributed by atoms with Crippen LogP contribution in [0.15, 0.2) is 6.07 Å². The lowest BCUT2D eigenvalue weighted by Crippen LogP contribution is -2.07. The first-order valence-corrected chi connectivity index (χ1v) is 6.88. The average molecular weight is 249 g/mol. The number of phenolic OH excluding ortho intramolecular Hbond substituents is 1. The largest absolute Gasteiger partial charge is 0.507 e. The molecule has 1 aliphatic carbocycles. The molecule has 0 aliphatic heterocycles. The second-order valence-corrected chi connectivity index (χ2v) is 5.00. The van der Waals surface area contributed by atoms with Crippen LogP contribution in [-0.4, -0.2) is 18.8 Å². The highest BCUT2D eigenvalue weighted by molar-refractivity contribution is 5.54. The van der Waals surface area contributed by atoms with Crippen molar-refractivity contribution in [3.63, 3.8) is 0 Å². The number of nitrogens with two attached hydrogens (primary N) is 1. The van der Waals surface area contributed by atoms with Gasteiger partial charge in [0, 0.05) is 11.1 Å². The first-order valence-electron chi connectivity index (χ1n) is 6.88. The highest BCUT2D eigenvalue weighted by Crippen LogP contribution is 2.38. The molecular formula is C15H23NO2. The molecule has 1 aromatic rings. The molecule has 100 valence electrons. The predicted molar refractivity (Wildman–Crippen MR) is 73.3 cm³/mol. The van der Waals surface area contributed by atoms with Gasteiger partial charge in [-0.1, -0.05) is 0 Å². The molecule has 0 spiro atoms. The standard InChI is InChI=1S/C15H23NO2/c1-18-14-10-11(6-4-5-9-16)15(17)13-8-3-2-7-12(13)14/h10,17H,2-9,16H2,1H3. The number of hydrogen-bond donors (Lipinski definition) is 2. The Morgan fingerprint density at radius 3 is 2.61 bits per heavy atom. The SMILES string of the molecule is COc1cc(CCCCN)c(O)c2c1CCCC2. The molecule has 0 saturated heterocycles. The Hall–Kier alpha value is -1.22. The molecule has 0 heterocycles. The van der Waals surface area contributed by atoms with E-state index in [-0.39, 0.29) is 0 Å². The molecule has 3 N–H and O–H groups in total. The zero-order chi connectivity index (χ0) is 13.0. The van der Waals surface area contributed by atoms with Crippen molar-refractivity contribution in [2.24, 2.45) is 5.73 Å². The molecule has 1 aromatic carbocycles. The fourth-order valence-corrected chi connectivity index (χ4v) is 2.78. The van der Waals surface area contributed by atoms with E-state index in [9.17, 15) is 5.11 Å². The quantitative estimate of drug-likeness (QED) is 0.789. The van der Waals surface area contributed by atoms with Gasteiger partial charge < -0.3 is 15.6 Å². The van der Waals surface area contributed by atoms with E-state index in [1.54, 1.807) is 7.11 Å². The summed E-state index contributed by atoms with van der Waals surface area (Å²) in [6.45, 7) is 0.711. The minimum atomic E-state index is 0.502. The van der Waals surface area contributed by atoms with Crippen LogP contribution in [0, 0.1) is 0 Å². The molecule has 0 saturated carbocycles. The summed E-state index contributed by atoms with van der Waals surface area (Å²) in [5.41, 5.74) is 8.85. The number of unbranched alkanes of at least 4 members (excludes halogenated alkanes) is 1. The molecule has 18 heavy (non-hydrogen) atoms. The Morgan fingerprint density at radius 2 is 1.94 bits per heavy atom. The van der Waals surface area contributed by atoms with Gasteiger partial charge in [-0.15, -0.1) is 0 Å². The summed E-state index contributed by atoms with van der Waals surface area (Å²) in [6, 6.07) is 2.01. The number of fused-ring (bicyclic) bond motifs is 1. The third-order valence-electron chi connectivity index (χ3n) is 3.78. The van der Waals surface area contributed by atoms with E-state index >= 15 is 0 Å². The van der Waals surface area contributed by atoms with Gasteiger partial charge in [-0.3, -0.25) is 0 Å². The van der Waals surface area contributed by atoms with Crippen molar-refractivity contribution in [2.45, 2.75) is 44.9 Å². The van der Waals surface area contributed by atoms with Gasteiger partial charge in [-0.25, -0.2) is 0 Å². The number of hydrogen-bond acceptors (Lipinski definition) is 3. The zero-order valence-corrected chi connectivity index (χ0v) is 11.2. The Bertz CT molecular complexity index is 415. The lowest BCUT2D eigenvalue weighted by Gasteiger charge is -2.22. The van der Waals surface area contributed by atoms with Crippen molar-refractivity contribution < 1.29 is 9.84 Å². The molecule has 0 bridgehead atoms. The number of aryl methyl sites for hydroxylation is 1. The molecule has 0 unspecified atom stereocenters. The van der Waals surface area contributed by atoms with Crippen molar-refractivity contribution in [2.75, 3.05) is 13.7 Å². The van der Waals surface area contributed by atoms with Crippen LogP contribution in [0.2, 0.25) is 0 Å². The molecule has 3 heteroatoms. The first-order chi connectivity index (χ1) is 8.77. The molecule has 0 radical (unpaired) electrons. The highest BCUT2D eigenvalue weighted by Gasteiger charge is 2.20. The monoisotopic (exact) mass is 249 g/mol. The van der Waals surface area contributed by atoms with Crippen molar-refractivity contribution in [3.05, 3.63) is 22.8 Å². The van der Waals surface area contributed by atoms with Crippen LogP contribution in [-0.2, 0) is 19.3 Å². The Labute approximate surface area is 109 Å². The van der Waals surface area contributed by atoms with E-state index in [0.717, 1.165) is 55.4 Å². The topological polar surface area (TPSA) is 55.5 Å². The van der Waals surface area contributed by atoms with Crippen LogP contribution in [0.1, 0.15) is 42.4 Å². The maximum atomic E-state index is 10.4. The summed E-state index contributed by atoms with van der Waals surface area (Å²) < 4.78 is 5.48. The predicted octanol–water partition coefficient (Wildman–Crippen LogP) is 2.56. The van der Waals surface area contributed by atoms with Crippen LogP contribution in [0.5, 0.6) is 11.5 Å². The molecule has 3 nitrogen and oxygen atoms in total. The van der Waals surface area contributed by atoms with Crippen LogP contribution < -0.4 is 10.5 Å². The Morgan fingerprint density at radius 1 is 1.22 bits per heavy atom. The van der Waals surface area contributed by atoms with E-state index in [0.29, 0.717) is 12.3 Å². The van der Waals surface area contributed by atoms with E-state index in [1.165, 1.54) is 12.0 Å². The van der Waals surface area contributed by atoms with Crippen LogP contribution >= 0.6 is 0 Å². The van der Waals surface area contributed by atoms with Crippen molar-refractivity contribution >= 4 is 0 Å². The molecule has 2 rings (SSSR count). The molecule has 0 atom stereocenters.